The van der Waals surface area contributed by atoms with E-state index in [-0.39, 0.29) is 24.2 Å². The molecule has 2 aromatic rings. The number of carbonyl (C=O) groups is 2. The number of hydrogen-bond acceptors (Lipinski definition) is 4. The molecule has 0 fully saturated rings. The minimum absolute atomic E-state index is 0.0316. The number of nitrogens with zero attached hydrogens (tertiary/aromatic N) is 1. The lowest BCUT2D eigenvalue weighted by molar-refractivity contribution is -0.121. The highest BCUT2D eigenvalue weighted by Gasteiger charge is 2.14. The standard InChI is InChI=1S/C16H18N2O2S/c1-10-5-4-6-17-16(10)11(2)18-15(20)8-13-7-14(12(3)19)21-9-13/h4-7,9,11H,8H2,1-3H3,(H,18,20). The fourth-order valence-electron chi connectivity index (χ4n) is 2.15. The van der Waals surface area contributed by atoms with E-state index in [1.807, 2.05) is 31.4 Å². The number of carbonyl (C=O) groups excluding carboxylic acids is 2. The highest BCUT2D eigenvalue weighted by Crippen LogP contribution is 2.17. The third kappa shape index (κ3) is 3.98. The number of pyridine rings is 1. The first-order valence-electron chi connectivity index (χ1n) is 6.76. The predicted molar refractivity (Wildman–Crippen MR) is 83.6 cm³/mol. The first-order valence-corrected chi connectivity index (χ1v) is 7.64. The fourth-order valence-corrected chi connectivity index (χ4v) is 2.97. The highest BCUT2D eigenvalue weighted by molar-refractivity contribution is 7.12. The molecular weight excluding hydrogens is 284 g/mol. The Labute approximate surface area is 128 Å². The smallest absolute Gasteiger partial charge is 0.224 e. The first kappa shape index (κ1) is 15.4. The molecule has 1 N–H and O–H groups in total. The lowest BCUT2D eigenvalue weighted by Crippen LogP contribution is -2.29. The SMILES string of the molecule is CC(=O)c1cc(CC(=O)NC(C)c2ncccc2C)cs1. The van der Waals surface area contributed by atoms with E-state index >= 15 is 0 Å². The summed E-state index contributed by atoms with van der Waals surface area (Å²) in [7, 11) is 0. The maximum absolute atomic E-state index is 12.1. The number of rotatable bonds is 5. The Bertz CT molecular complexity index is 664. The van der Waals surface area contributed by atoms with Crippen LogP contribution in [0.25, 0.3) is 0 Å². The molecule has 0 aliphatic heterocycles. The van der Waals surface area contributed by atoms with Gasteiger partial charge in [0.1, 0.15) is 0 Å². The van der Waals surface area contributed by atoms with Crippen LogP contribution in [0, 0.1) is 6.92 Å². The van der Waals surface area contributed by atoms with Crippen LogP contribution >= 0.6 is 11.3 Å². The van der Waals surface area contributed by atoms with Crippen LogP contribution in [0.4, 0.5) is 0 Å². The van der Waals surface area contributed by atoms with Crippen molar-refractivity contribution in [1.29, 1.82) is 0 Å². The second-order valence-corrected chi connectivity index (χ2v) is 5.96. The molecule has 0 aromatic carbocycles. The zero-order valence-corrected chi connectivity index (χ0v) is 13.2. The van der Waals surface area contributed by atoms with E-state index < -0.39 is 0 Å². The third-order valence-corrected chi connectivity index (χ3v) is 4.28. The van der Waals surface area contributed by atoms with Crippen LogP contribution < -0.4 is 5.32 Å². The summed E-state index contributed by atoms with van der Waals surface area (Å²) >= 11 is 1.38. The molecule has 1 atom stereocenters. The topological polar surface area (TPSA) is 59.1 Å². The molecule has 1 unspecified atom stereocenters. The molecule has 2 heterocycles. The van der Waals surface area contributed by atoms with Gasteiger partial charge >= 0.3 is 0 Å². The Morgan fingerprint density at radius 2 is 2.19 bits per heavy atom. The molecule has 0 bridgehead atoms. The van der Waals surface area contributed by atoms with Crippen LogP contribution in [0.2, 0.25) is 0 Å². The Kier molecular flexibility index (Phi) is 4.85. The summed E-state index contributed by atoms with van der Waals surface area (Å²) in [6.07, 6.45) is 2.00. The van der Waals surface area contributed by atoms with Gasteiger partial charge in [-0.1, -0.05) is 6.07 Å². The summed E-state index contributed by atoms with van der Waals surface area (Å²) < 4.78 is 0. The Morgan fingerprint density at radius 1 is 1.43 bits per heavy atom. The maximum atomic E-state index is 12.1. The molecule has 0 saturated heterocycles. The van der Waals surface area contributed by atoms with E-state index in [0.29, 0.717) is 4.88 Å². The second kappa shape index (κ2) is 6.63. The normalized spacial score (nSPS) is 12.0. The molecule has 110 valence electrons. The molecule has 21 heavy (non-hydrogen) atoms. The largest absolute Gasteiger partial charge is 0.348 e. The Balaban J connectivity index is 1.98. The molecule has 5 heteroatoms. The van der Waals surface area contributed by atoms with Gasteiger partial charge in [-0.2, -0.15) is 0 Å². The minimum Gasteiger partial charge on any atom is -0.348 e. The van der Waals surface area contributed by atoms with Crippen molar-refractivity contribution in [2.24, 2.45) is 0 Å². The van der Waals surface area contributed by atoms with Crippen LogP contribution in [0.15, 0.2) is 29.8 Å². The molecule has 0 radical (unpaired) electrons. The van der Waals surface area contributed by atoms with Crippen molar-refractivity contribution in [3.8, 4) is 0 Å². The number of thiophene rings is 1. The molecular formula is C16H18N2O2S. The van der Waals surface area contributed by atoms with Crippen molar-refractivity contribution < 1.29 is 9.59 Å². The minimum atomic E-state index is -0.135. The summed E-state index contributed by atoms with van der Waals surface area (Å²) in [5, 5.41) is 4.80. The van der Waals surface area contributed by atoms with E-state index in [1.165, 1.54) is 18.3 Å². The van der Waals surface area contributed by atoms with Crippen molar-refractivity contribution in [3.05, 3.63) is 51.5 Å². The van der Waals surface area contributed by atoms with Crippen molar-refractivity contribution in [2.45, 2.75) is 33.2 Å². The Hall–Kier alpha value is -2.01. The van der Waals surface area contributed by atoms with Gasteiger partial charge in [-0.25, -0.2) is 0 Å². The summed E-state index contributed by atoms with van der Waals surface area (Å²) in [5.74, 6) is -0.0374. The number of amides is 1. The Morgan fingerprint density at radius 3 is 2.81 bits per heavy atom. The van der Waals surface area contributed by atoms with E-state index in [0.717, 1.165) is 16.8 Å². The van der Waals surface area contributed by atoms with Crippen LogP contribution in [-0.2, 0) is 11.2 Å². The van der Waals surface area contributed by atoms with Crippen molar-refractivity contribution in [2.75, 3.05) is 0 Å². The molecule has 1 amide bonds. The number of aromatic nitrogens is 1. The van der Waals surface area contributed by atoms with Crippen LogP contribution in [-0.4, -0.2) is 16.7 Å². The molecule has 2 rings (SSSR count). The van der Waals surface area contributed by atoms with Gasteiger partial charge in [0.25, 0.3) is 0 Å². The van der Waals surface area contributed by atoms with Crippen LogP contribution in [0.5, 0.6) is 0 Å². The van der Waals surface area contributed by atoms with E-state index in [1.54, 1.807) is 12.3 Å². The molecule has 2 aromatic heterocycles. The molecule has 0 spiro atoms. The van der Waals surface area contributed by atoms with Gasteiger partial charge in [-0.15, -0.1) is 11.3 Å². The van der Waals surface area contributed by atoms with E-state index in [2.05, 4.69) is 10.3 Å². The predicted octanol–water partition coefficient (Wildman–Crippen LogP) is 3.07. The van der Waals surface area contributed by atoms with Crippen molar-refractivity contribution >= 4 is 23.0 Å². The van der Waals surface area contributed by atoms with Crippen LogP contribution in [0.1, 0.15) is 46.4 Å². The monoisotopic (exact) mass is 302 g/mol. The lowest BCUT2D eigenvalue weighted by atomic mass is 10.1. The highest BCUT2D eigenvalue weighted by atomic mass is 32.1. The van der Waals surface area contributed by atoms with E-state index in [4.69, 9.17) is 0 Å². The van der Waals surface area contributed by atoms with Crippen molar-refractivity contribution in [1.82, 2.24) is 10.3 Å². The molecule has 0 saturated carbocycles. The van der Waals surface area contributed by atoms with Gasteiger partial charge in [-0.3, -0.25) is 14.6 Å². The van der Waals surface area contributed by atoms with Crippen LogP contribution in [0.3, 0.4) is 0 Å². The maximum Gasteiger partial charge on any atom is 0.224 e. The van der Waals surface area contributed by atoms with Gasteiger partial charge in [0.2, 0.25) is 5.91 Å². The summed E-state index contributed by atoms with van der Waals surface area (Å²) in [6, 6.07) is 5.50. The molecule has 0 aliphatic carbocycles. The van der Waals surface area contributed by atoms with Gasteiger partial charge in [0.05, 0.1) is 23.0 Å². The zero-order chi connectivity index (χ0) is 15.4. The number of hydrogen-bond donors (Lipinski definition) is 1. The lowest BCUT2D eigenvalue weighted by Gasteiger charge is -2.15. The second-order valence-electron chi connectivity index (χ2n) is 5.05. The quantitative estimate of drug-likeness (QED) is 0.864. The van der Waals surface area contributed by atoms with E-state index in [9.17, 15) is 9.59 Å². The van der Waals surface area contributed by atoms with Gasteiger partial charge in [0.15, 0.2) is 5.78 Å². The number of aryl methyl sites for hydroxylation is 1. The fraction of sp³-hybridized carbons (Fsp3) is 0.312. The number of ketones is 1. The van der Waals surface area contributed by atoms with Gasteiger partial charge in [-0.05, 0) is 49.4 Å². The average molecular weight is 302 g/mol. The molecule has 0 aliphatic rings. The third-order valence-electron chi connectivity index (χ3n) is 3.20. The number of Topliss-reactive ketones (excluding diaryl/α,β-unsaturated/α-hetero) is 1. The zero-order valence-electron chi connectivity index (χ0n) is 12.3. The average Bonchev–Trinajstić information content (AvgIpc) is 2.87. The number of nitrogens with one attached hydrogen (secondary N) is 1. The summed E-state index contributed by atoms with van der Waals surface area (Å²) in [6.45, 7) is 5.42. The van der Waals surface area contributed by atoms with Crippen molar-refractivity contribution in [3.63, 3.8) is 0 Å². The molecule has 4 nitrogen and oxygen atoms in total. The summed E-state index contributed by atoms with van der Waals surface area (Å²) in [4.78, 5) is 28.3. The first-order chi connectivity index (χ1) is 9.97. The van der Waals surface area contributed by atoms with Gasteiger partial charge in [0, 0.05) is 6.20 Å². The summed E-state index contributed by atoms with van der Waals surface area (Å²) in [5.41, 5.74) is 2.80. The van der Waals surface area contributed by atoms with Gasteiger partial charge < -0.3 is 5.32 Å².